The van der Waals surface area contributed by atoms with E-state index in [0.29, 0.717) is 18.5 Å². The van der Waals surface area contributed by atoms with E-state index in [4.69, 9.17) is 5.73 Å². The Morgan fingerprint density at radius 3 is 2.43 bits per heavy atom. The quantitative estimate of drug-likeness (QED) is 0.753. The standard InChI is InChI=1S/C22H29N5O.2ClH/c1-26(14-16-5-3-2-4-6-16)22(28)17-7-9-27(10-8-17)21-13-20(24-15-25-21)18-11-19(23)12-18;;/h2-6,13,15,17-19H,7-12,14,23H2,1H3;2*1H. The fourth-order valence-corrected chi connectivity index (χ4v) is 4.26. The van der Waals surface area contributed by atoms with Crippen molar-refractivity contribution in [3.05, 3.63) is 54.0 Å². The first-order chi connectivity index (χ1) is 13.6. The summed E-state index contributed by atoms with van der Waals surface area (Å²) in [6.45, 7) is 2.38. The van der Waals surface area contributed by atoms with E-state index in [9.17, 15) is 4.79 Å². The third-order valence-electron chi connectivity index (χ3n) is 6.07. The number of nitrogens with zero attached hydrogens (tertiary/aromatic N) is 4. The van der Waals surface area contributed by atoms with Gasteiger partial charge in [-0.05, 0) is 31.2 Å². The van der Waals surface area contributed by atoms with Gasteiger partial charge in [-0.1, -0.05) is 30.3 Å². The molecule has 0 unspecified atom stereocenters. The van der Waals surface area contributed by atoms with Crippen molar-refractivity contribution in [1.82, 2.24) is 14.9 Å². The van der Waals surface area contributed by atoms with Crippen LogP contribution in [-0.4, -0.2) is 47.0 Å². The van der Waals surface area contributed by atoms with Gasteiger partial charge in [0, 0.05) is 56.3 Å². The molecule has 1 saturated carbocycles. The SMILES string of the molecule is CN(Cc1ccccc1)C(=O)C1CCN(c2cc(C3CC(N)C3)ncn2)CC1.Cl.Cl. The number of carbonyl (C=O) groups excluding carboxylic acids is 1. The molecule has 6 nitrogen and oxygen atoms in total. The lowest BCUT2D eigenvalue weighted by Crippen LogP contribution is -2.41. The first-order valence-corrected chi connectivity index (χ1v) is 10.2. The lowest BCUT2D eigenvalue weighted by Gasteiger charge is -2.35. The molecule has 2 heterocycles. The van der Waals surface area contributed by atoms with Crippen molar-refractivity contribution in [3.63, 3.8) is 0 Å². The van der Waals surface area contributed by atoms with Crippen LogP contribution in [0.1, 0.15) is 42.9 Å². The maximum Gasteiger partial charge on any atom is 0.225 e. The van der Waals surface area contributed by atoms with E-state index < -0.39 is 0 Å². The van der Waals surface area contributed by atoms with Gasteiger partial charge in [0.25, 0.3) is 0 Å². The first-order valence-electron chi connectivity index (χ1n) is 10.2. The van der Waals surface area contributed by atoms with Gasteiger partial charge in [-0.3, -0.25) is 4.79 Å². The molecule has 2 aliphatic rings. The van der Waals surface area contributed by atoms with E-state index in [1.165, 1.54) is 5.56 Å². The van der Waals surface area contributed by atoms with Crippen LogP contribution in [0.2, 0.25) is 0 Å². The van der Waals surface area contributed by atoms with Gasteiger partial charge in [-0.15, -0.1) is 24.8 Å². The minimum atomic E-state index is 0. The molecule has 30 heavy (non-hydrogen) atoms. The fraction of sp³-hybridized carbons (Fsp3) is 0.500. The van der Waals surface area contributed by atoms with Crippen LogP contribution in [0.25, 0.3) is 0 Å². The molecular formula is C22H31Cl2N5O. The van der Waals surface area contributed by atoms with Crippen molar-refractivity contribution in [2.75, 3.05) is 25.0 Å². The monoisotopic (exact) mass is 451 g/mol. The predicted molar refractivity (Wildman–Crippen MR) is 124 cm³/mol. The third-order valence-corrected chi connectivity index (χ3v) is 6.07. The highest BCUT2D eigenvalue weighted by molar-refractivity contribution is 5.85. The van der Waals surface area contributed by atoms with Gasteiger partial charge in [0.2, 0.25) is 5.91 Å². The molecule has 1 aliphatic heterocycles. The number of piperidine rings is 1. The highest BCUT2D eigenvalue weighted by atomic mass is 35.5. The number of halogens is 2. The molecule has 1 aromatic heterocycles. The van der Waals surface area contributed by atoms with Gasteiger partial charge < -0.3 is 15.5 Å². The Balaban J connectivity index is 0.00000160. The molecule has 2 N–H and O–H groups in total. The van der Waals surface area contributed by atoms with Crippen molar-refractivity contribution < 1.29 is 4.79 Å². The molecule has 4 rings (SSSR count). The highest BCUT2D eigenvalue weighted by Gasteiger charge is 2.30. The summed E-state index contributed by atoms with van der Waals surface area (Å²) < 4.78 is 0. The Morgan fingerprint density at radius 2 is 1.80 bits per heavy atom. The zero-order valence-electron chi connectivity index (χ0n) is 17.3. The molecule has 2 fully saturated rings. The van der Waals surface area contributed by atoms with E-state index >= 15 is 0 Å². The van der Waals surface area contributed by atoms with Crippen LogP contribution >= 0.6 is 24.8 Å². The van der Waals surface area contributed by atoms with Crippen LogP contribution in [0.4, 0.5) is 5.82 Å². The molecule has 0 radical (unpaired) electrons. The fourth-order valence-electron chi connectivity index (χ4n) is 4.26. The summed E-state index contributed by atoms with van der Waals surface area (Å²) in [6.07, 6.45) is 5.43. The number of hydrogen-bond donors (Lipinski definition) is 1. The summed E-state index contributed by atoms with van der Waals surface area (Å²) in [7, 11) is 1.90. The summed E-state index contributed by atoms with van der Waals surface area (Å²) in [6, 6.07) is 12.6. The number of benzene rings is 1. The number of aromatic nitrogens is 2. The van der Waals surface area contributed by atoms with Crippen molar-refractivity contribution in [1.29, 1.82) is 0 Å². The highest BCUT2D eigenvalue weighted by Crippen LogP contribution is 2.35. The second-order valence-corrected chi connectivity index (χ2v) is 8.17. The first kappa shape index (κ1) is 24.4. The van der Waals surface area contributed by atoms with Gasteiger partial charge in [0.1, 0.15) is 12.1 Å². The average Bonchev–Trinajstić information content (AvgIpc) is 2.72. The largest absolute Gasteiger partial charge is 0.356 e. The average molecular weight is 452 g/mol. The zero-order valence-corrected chi connectivity index (χ0v) is 18.9. The van der Waals surface area contributed by atoms with Crippen LogP contribution in [0, 0.1) is 5.92 Å². The van der Waals surface area contributed by atoms with Crippen LogP contribution in [0.3, 0.4) is 0 Å². The predicted octanol–water partition coefficient (Wildman–Crippen LogP) is 3.40. The number of anilines is 1. The van der Waals surface area contributed by atoms with Crippen molar-refractivity contribution in [3.8, 4) is 0 Å². The summed E-state index contributed by atoms with van der Waals surface area (Å²) in [5.74, 6) is 1.79. The molecule has 0 bridgehead atoms. The summed E-state index contributed by atoms with van der Waals surface area (Å²) in [5.41, 5.74) is 8.18. The zero-order chi connectivity index (χ0) is 19.5. The van der Waals surface area contributed by atoms with E-state index in [-0.39, 0.29) is 36.6 Å². The third kappa shape index (κ3) is 5.62. The van der Waals surface area contributed by atoms with Crippen LogP contribution < -0.4 is 10.6 Å². The molecule has 0 spiro atoms. The lowest BCUT2D eigenvalue weighted by molar-refractivity contribution is -0.135. The number of rotatable bonds is 5. The summed E-state index contributed by atoms with van der Waals surface area (Å²) >= 11 is 0. The minimum Gasteiger partial charge on any atom is -0.356 e. The topological polar surface area (TPSA) is 75.4 Å². The number of carbonyl (C=O) groups is 1. The maximum absolute atomic E-state index is 12.8. The van der Waals surface area contributed by atoms with E-state index in [1.807, 2.05) is 30.1 Å². The maximum atomic E-state index is 12.8. The molecule has 1 aliphatic carbocycles. The molecule has 0 atom stereocenters. The van der Waals surface area contributed by atoms with E-state index in [0.717, 1.165) is 50.3 Å². The molecule has 1 amide bonds. The van der Waals surface area contributed by atoms with Crippen LogP contribution in [0.15, 0.2) is 42.7 Å². The summed E-state index contributed by atoms with van der Waals surface area (Å²) in [5, 5.41) is 0. The van der Waals surface area contributed by atoms with E-state index in [1.54, 1.807) is 6.33 Å². The van der Waals surface area contributed by atoms with E-state index in [2.05, 4.69) is 33.1 Å². The summed E-state index contributed by atoms with van der Waals surface area (Å²) in [4.78, 5) is 25.9. The molecule has 1 saturated heterocycles. The molecule has 164 valence electrons. The Labute approximate surface area is 191 Å². The smallest absolute Gasteiger partial charge is 0.225 e. The van der Waals surface area contributed by atoms with Crippen molar-refractivity contribution >= 4 is 36.5 Å². The Kier molecular flexibility index (Phi) is 8.89. The normalized spacial score (nSPS) is 21.1. The van der Waals surface area contributed by atoms with Gasteiger partial charge in [-0.25, -0.2) is 9.97 Å². The Morgan fingerprint density at radius 1 is 1.13 bits per heavy atom. The number of hydrogen-bond acceptors (Lipinski definition) is 5. The second kappa shape index (κ2) is 10.9. The minimum absolute atomic E-state index is 0. The molecule has 8 heteroatoms. The van der Waals surface area contributed by atoms with Crippen molar-refractivity contribution in [2.24, 2.45) is 11.7 Å². The number of amides is 1. The van der Waals surface area contributed by atoms with Crippen LogP contribution in [0.5, 0.6) is 0 Å². The van der Waals surface area contributed by atoms with Gasteiger partial charge in [-0.2, -0.15) is 0 Å². The van der Waals surface area contributed by atoms with Gasteiger partial charge in [0.05, 0.1) is 0 Å². The number of nitrogens with two attached hydrogens (primary N) is 1. The van der Waals surface area contributed by atoms with Gasteiger partial charge in [0.15, 0.2) is 0 Å². The Bertz CT molecular complexity index is 808. The molecule has 2 aromatic rings. The molecule has 1 aromatic carbocycles. The molecular weight excluding hydrogens is 421 g/mol. The van der Waals surface area contributed by atoms with Crippen molar-refractivity contribution in [2.45, 2.75) is 44.2 Å². The lowest BCUT2D eigenvalue weighted by atomic mass is 9.78. The van der Waals surface area contributed by atoms with Gasteiger partial charge >= 0.3 is 0 Å². The second-order valence-electron chi connectivity index (χ2n) is 8.17. The Hall–Kier alpha value is -1.89. The van der Waals surface area contributed by atoms with Crippen LogP contribution in [-0.2, 0) is 11.3 Å².